The third kappa shape index (κ3) is 3.63. The second-order valence-corrected chi connectivity index (χ2v) is 6.19. The second-order valence-electron chi connectivity index (χ2n) is 6.19. The van der Waals surface area contributed by atoms with Gasteiger partial charge in [-0.15, -0.1) is 0 Å². The van der Waals surface area contributed by atoms with Gasteiger partial charge in [-0.1, -0.05) is 30.3 Å². The summed E-state index contributed by atoms with van der Waals surface area (Å²) in [5.41, 5.74) is 7.04. The Morgan fingerprint density at radius 1 is 1.21 bits per heavy atom. The first kappa shape index (κ1) is 16.6. The molecule has 24 heavy (non-hydrogen) atoms. The first-order chi connectivity index (χ1) is 11.5. The van der Waals surface area contributed by atoms with E-state index < -0.39 is 0 Å². The summed E-state index contributed by atoms with van der Waals surface area (Å²) in [6.45, 7) is 4.42. The summed E-state index contributed by atoms with van der Waals surface area (Å²) in [7, 11) is 3.78. The van der Waals surface area contributed by atoms with E-state index in [1.807, 2.05) is 37.2 Å². The maximum Gasteiger partial charge on any atom is 0.229 e. The zero-order valence-electron chi connectivity index (χ0n) is 14.4. The maximum atomic E-state index is 5.94. The van der Waals surface area contributed by atoms with Crippen molar-refractivity contribution in [2.45, 2.75) is 19.1 Å². The number of benzene rings is 1. The number of nitrogen functional groups attached to an aromatic ring is 1. The molecule has 0 radical (unpaired) electrons. The quantitative estimate of drug-likeness (QED) is 0.914. The highest BCUT2D eigenvalue weighted by Gasteiger charge is 2.27. The van der Waals surface area contributed by atoms with E-state index in [1.54, 1.807) is 0 Å². The SMILES string of the molecule is C[C@@H](c1nc(N)nc(N(C)C)n1)N1CCO[C@H](c2ccccc2)C1. The Labute approximate surface area is 142 Å². The van der Waals surface area contributed by atoms with E-state index in [0.717, 1.165) is 13.1 Å². The molecule has 0 aliphatic carbocycles. The molecule has 2 heterocycles. The fraction of sp³-hybridized carbons (Fsp3) is 0.471. The van der Waals surface area contributed by atoms with Gasteiger partial charge in [0.2, 0.25) is 11.9 Å². The number of hydrogen-bond acceptors (Lipinski definition) is 7. The average molecular weight is 328 g/mol. The minimum absolute atomic E-state index is 0.0455. The summed E-state index contributed by atoms with van der Waals surface area (Å²) in [5.74, 6) is 1.53. The first-order valence-electron chi connectivity index (χ1n) is 8.14. The maximum absolute atomic E-state index is 5.94. The lowest BCUT2D eigenvalue weighted by Crippen LogP contribution is -2.40. The molecule has 0 spiro atoms. The van der Waals surface area contributed by atoms with Gasteiger partial charge in [0.15, 0.2) is 5.82 Å². The van der Waals surface area contributed by atoms with Crippen LogP contribution in [-0.4, -0.2) is 53.6 Å². The van der Waals surface area contributed by atoms with Crippen molar-refractivity contribution in [2.75, 3.05) is 44.4 Å². The summed E-state index contributed by atoms with van der Waals surface area (Å²) < 4.78 is 5.94. The van der Waals surface area contributed by atoms with Crippen LogP contribution in [-0.2, 0) is 4.74 Å². The standard InChI is InChI=1S/C17H24N6O/c1-12(15-19-16(18)21-17(20-15)22(2)3)23-9-10-24-14(11-23)13-7-5-4-6-8-13/h4-8,12,14H,9-11H2,1-3H3,(H2,18,19,20,21)/t12-,14-/m0/s1. The lowest BCUT2D eigenvalue weighted by atomic mass is 10.1. The van der Waals surface area contributed by atoms with Gasteiger partial charge in [0.1, 0.15) is 0 Å². The van der Waals surface area contributed by atoms with Gasteiger partial charge in [-0.3, -0.25) is 4.90 Å². The molecule has 1 aliphatic heterocycles. The summed E-state index contributed by atoms with van der Waals surface area (Å²) in [6, 6.07) is 10.3. The molecule has 0 unspecified atom stereocenters. The molecule has 2 atom stereocenters. The number of nitrogens with two attached hydrogens (primary N) is 1. The molecule has 2 N–H and O–H groups in total. The zero-order valence-corrected chi connectivity index (χ0v) is 14.4. The van der Waals surface area contributed by atoms with Crippen LogP contribution in [0.4, 0.5) is 11.9 Å². The molecule has 0 bridgehead atoms. The molecule has 1 aromatic heterocycles. The van der Waals surface area contributed by atoms with Crippen LogP contribution < -0.4 is 10.6 Å². The van der Waals surface area contributed by atoms with Gasteiger partial charge in [0.05, 0.1) is 18.8 Å². The van der Waals surface area contributed by atoms with E-state index in [-0.39, 0.29) is 18.1 Å². The minimum atomic E-state index is 0.0455. The largest absolute Gasteiger partial charge is 0.371 e. The van der Waals surface area contributed by atoms with E-state index in [2.05, 4.69) is 38.9 Å². The van der Waals surface area contributed by atoms with Crippen LogP contribution in [0.25, 0.3) is 0 Å². The molecule has 2 aromatic rings. The van der Waals surface area contributed by atoms with Crippen molar-refractivity contribution in [1.29, 1.82) is 0 Å². The number of anilines is 2. The van der Waals surface area contributed by atoms with Crippen LogP contribution in [0.1, 0.15) is 30.5 Å². The van der Waals surface area contributed by atoms with Crippen LogP contribution in [0, 0.1) is 0 Å². The predicted octanol–water partition coefficient (Wildman–Crippen LogP) is 1.65. The number of ether oxygens (including phenoxy) is 1. The van der Waals surface area contributed by atoms with Crippen molar-refractivity contribution in [3.8, 4) is 0 Å². The third-order valence-electron chi connectivity index (χ3n) is 4.25. The smallest absolute Gasteiger partial charge is 0.229 e. The number of hydrogen-bond donors (Lipinski definition) is 1. The predicted molar refractivity (Wildman–Crippen MR) is 93.7 cm³/mol. The van der Waals surface area contributed by atoms with Crippen LogP contribution in [0.2, 0.25) is 0 Å². The Kier molecular flexibility index (Phi) is 4.92. The fourth-order valence-electron chi connectivity index (χ4n) is 2.84. The van der Waals surface area contributed by atoms with E-state index in [9.17, 15) is 0 Å². The lowest BCUT2D eigenvalue weighted by molar-refractivity contribution is -0.0442. The van der Waals surface area contributed by atoms with Gasteiger partial charge in [-0.2, -0.15) is 15.0 Å². The Bertz CT molecular complexity index is 678. The third-order valence-corrected chi connectivity index (χ3v) is 4.25. The zero-order chi connectivity index (χ0) is 17.1. The van der Waals surface area contributed by atoms with Gasteiger partial charge in [-0.25, -0.2) is 0 Å². The van der Waals surface area contributed by atoms with Crippen LogP contribution in [0.3, 0.4) is 0 Å². The molecule has 7 nitrogen and oxygen atoms in total. The summed E-state index contributed by atoms with van der Waals surface area (Å²) in [6.07, 6.45) is 0.0647. The highest BCUT2D eigenvalue weighted by Crippen LogP contribution is 2.27. The molecule has 3 rings (SSSR count). The summed E-state index contributed by atoms with van der Waals surface area (Å²) in [5, 5.41) is 0. The van der Waals surface area contributed by atoms with E-state index >= 15 is 0 Å². The Balaban J connectivity index is 1.78. The molecular weight excluding hydrogens is 304 g/mol. The van der Waals surface area contributed by atoms with Gasteiger partial charge in [-0.05, 0) is 12.5 Å². The highest BCUT2D eigenvalue weighted by molar-refractivity contribution is 5.33. The first-order valence-corrected chi connectivity index (χ1v) is 8.14. The topological polar surface area (TPSA) is 80.4 Å². The number of morpholine rings is 1. The summed E-state index contributed by atoms with van der Waals surface area (Å²) >= 11 is 0. The Morgan fingerprint density at radius 2 is 1.96 bits per heavy atom. The number of aromatic nitrogens is 3. The normalized spacial score (nSPS) is 19.9. The fourth-order valence-corrected chi connectivity index (χ4v) is 2.84. The van der Waals surface area contributed by atoms with Crippen LogP contribution >= 0.6 is 0 Å². The molecule has 0 saturated carbocycles. The van der Waals surface area contributed by atoms with Gasteiger partial charge in [0.25, 0.3) is 0 Å². The average Bonchev–Trinajstić information content (AvgIpc) is 2.61. The molecule has 1 fully saturated rings. The lowest BCUT2D eigenvalue weighted by Gasteiger charge is -2.36. The molecule has 1 saturated heterocycles. The Hall–Kier alpha value is -2.25. The van der Waals surface area contributed by atoms with Crippen LogP contribution in [0.5, 0.6) is 0 Å². The molecule has 1 aliphatic rings. The summed E-state index contributed by atoms with van der Waals surface area (Å²) in [4.78, 5) is 17.2. The Morgan fingerprint density at radius 3 is 2.67 bits per heavy atom. The van der Waals surface area contributed by atoms with Crippen LogP contribution in [0.15, 0.2) is 30.3 Å². The number of rotatable bonds is 4. The van der Waals surface area contributed by atoms with Gasteiger partial charge < -0.3 is 15.4 Å². The van der Waals surface area contributed by atoms with Crippen molar-refractivity contribution < 1.29 is 4.74 Å². The van der Waals surface area contributed by atoms with Gasteiger partial charge in [0, 0.05) is 27.2 Å². The van der Waals surface area contributed by atoms with E-state index in [0.29, 0.717) is 18.4 Å². The van der Waals surface area contributed by atoms with E-state index in [4.69, 9.17) is 10.5 Å². The molecule has 128 valence electrons. The van der Waals surface area contributed by atoms with Crippen molar-refractivity contribution >= 4 is 11.9 Å². The van der Waals surface area contributed by atoms with Crippen molar-refractivity contribution in [1.82, 2.24) is 19.9 Å². The minimum Gasteiger partial charge on any atom is -0.371 e. The second kappa shape index (κ2) is 7.11. The van der Waals surface area contributed by atoms with Crippen molar-refractivity contribution in [2.24, 2.45) is 0 Å². The molecule has 7 heteroatoms. The highest BCUT2D eigenvalue weighted by atomic mass is 16.5. The van der Waals surface area contributed by atoms with Crippen molar-refractivity contribution in [3.63, 3.8) is 0 Å². The van der Waals surface area contributed by atoms with Crippen molar-refractivity contribution in [3.05, 3.63) is 41.7 Å². The molecule has 0 amide bonds. The van der Waals surface area contributed by atoms with Gasteiger partial charge >= 0.3 is 0 Å². The molecule has 1 aromatic carbocycles. The molecular formula is C17H24N6O. The monoisotopic (exact) mass is 328 g/mol. The van der Waals surface area contributed by atoms with E-state index in [1.165, 1.54) is 5.56 Å². The number of nitrogens with zero attached hydrogens (tertiary/aromatic N) is 5.